The Morgan fingerprint density at radius 3 is 2.46 bits per heavy atom. The number of hydrogen-bond donors (Lipinski definition) is 2. The standard InChI is InChI=1S/C22H20O4/c1-25-18-7-3-5-15(11-18)22-19-9-8-17(24)12-21(19)26-13-20(22)14-4-2-6-16(23)10-14/h2-12,20,22-24H,13H2,1H3/t20-,22-/m1/s1. The van der Waals surface area contributed by atoms with Gasteiger partial charge in [-0.25, -0.2) is 0 Å². The predicted molar refractivity (Wildman–Crippen MR) is 99.3 cm³/mol. The molecule has 0 aromatic heterocycles. The molecule has 0 unspecified atom stereocenters. The number of ether oxygens (including phenoxy) is 2. The molecule has 0 amide bonds. The van der Waals surface area contributed by atoms with Crippen molar-refractivity contribution in [2.45, 2.75) is 11.8 Å². The Labute approximate surface area is 152 Å². The molecule has 132 valence electrons. The number of hydrogen-bond acceptors (Lipinski definition) is 4. The fourth-order valence-corrected chi connectivity index (χ4v) is 3.69. The van der Waals surface area contributed by atoms with Crippen LogP contribution in [0.15, 0.2) is 66.7 Å². The molecule has 3 aromatic carbocycles. The lowest BCUT2D eigenvalue weighted by atomic mass is 9.76. The molecule has 0 radical (unpaired) electrons. The first kappa shape index (κ1) is 16.3. The van der Waals surface area contributed by atoms with Gasteiger partial charge in [-0.15, -0.1) is 0 Å². The fraction of sp³-hybridized carbons (Fsp3) is 0.182. The Morgan fingerprint density at radius 2 is 1.65 bits per heavy atom. The molecule has 1 aliphatic rings. The molecular formula is C22H20O4. The quantitative estimate of drug-likeness (QED) is 0.736. The van der Waals surface area contributed by atoms with Crippen LogP contribution in [0.1, 0.15) is 28.5 Å². The summed E-state index contributed by atoms with van der Waals surface area (Å²) in [5, 5.41) is 19.7. The molecule has 4 heteroatoms. The van der Waals surface area contributed by atoms with Gasteiger partial charge in [0.15, 0.2) is 0 Å². The number of benzene rings is 3. The van der Waals surface area contributed by atoms with E-state index in [-0.39, 0.29) is 23.3 Å². The lowest BCUT2D eigenvalue weighted by Crippen LogP contribution is -2.25. The predicted octanol–water partition coefficient (Wildman–Crippen LogP) is 4.41. The van der Waals surface area contributed by atoms with Crippen molar-refractivity contribution in [2.24, 2.45) is 0 Å². The lowest BCUT2D eigenvalue weighted by molar-refractivity contribution is 0.247. The minimum absolute atomic E-state index is 0.0243. The topological polar surface area (TPSA) is 58.9 Å². The zero-order valence-corrected chi connectivity index (χ0v) is 14.4. The van der Waals surface area contributed by atoms with Gasteiger partial charge in [-0.2, -0.15) is 0 Å². The van der Waals surface area contributed by atoms with Crippen LogP contribution < -0.4 is 9.47 Å². The molecule has 0 aliphatic carbocycles. The highest BCUT2D eigenvalue weighted by atomic mass is 16.5. The van der Waals surface area contributed by atoms with Crippen LogP contribution in [-0.4, -0.2) is 23.9 Å². The van der Waals surface area contributed by atoms with Crippen molar-refractivity contribution in [3.8, 4) is 23.0 Å². The zero-order valence-electron chi connectivity index (χ0n) is 14.4. The smallest absolute Gasteiger partial charge is 0.126 e. The first-order valence-corrected chi connectivity index (χ1v) is 8.54. The third kappa shape index (κ3) is 2.94. The maximum absolute atomic E-state index is 9.92. The SMILES string of the molecule is COc1cccc([C@@H]2c3ccc(O)cc3OC[C@@H]2c2cccc(O)c2)c1. The number of rotatable bonds is 3. The van der Waals surface area contributed by atoms with Gasteiger partial charge < -0.3 is 19.7 Å². The number of aromatic hydroxyl groups is 2. The number of fused-ring (bicyclic) bond motifs is 1. The first-order valence-electron chi connectivity index (χ1n) is 8.54. The van der Waals surface area contributed by atoms with Crippen LogP contribution in [0.2, 0.25) is 0 Å². The van der Waals surface area contributed by atoms with E-state index in [1.54, 1.807) is 31.4 Å². The van der Waals surface area contributed by atoms with E-state index in [1.807, 2.05) is 36.4 Å². The third-order valence-electron chi connectivity index (χ3n) is 4.90. The largest absolute Gasteiger partial charge is 0.508 e. The number of phenolic OH excluding ortho intramolecular Hbond substituents is 2. The average Bonchev–Trinajstić information content (AvgIpc) is 2.67. The van der Waals surface area contributed by atoms with Gasteiger partial charge in [0.2, 0.25) is 0 Å². The summed E-state index contributed by atoms with van der Waals surface area (Å²) >= 11 is 0. The summed E-state index contributed by atoms with van der Waals surface area (Å²) in [5.74, 6) is 1.97. The highest BCUT2D eigenvalue weighted by molar-refractivity contribution is 5.51. The van der Waals surface area contributed by atoms with Crippen LogP contribution in [-0.2, 0) is 0 Å². The second-order valence-electron chi connectivity index (χ2n) is 6.49. The van der Waals surface area contributed by atoms with E-state index in [2.05, 4.69) is 6.07 Å². The van der Waals surface area contributed by atoms with Crippen molar-refractivity contribution < 1.29 is 19.7 Å². The molecule has 0 spiro atoms. The molecule has 0 saturated carbocycles. The zero-order chi connectivity index (χ0) is 18.1. The Kier molecular flexibility index (Phi) is 4.17. The molecule has 3 aromatic rings. The van der Waals surface area contributed by atoms with Gasteiger partial charge in [0, 0.05) is 23.5 Å². The van der Waals surface area contributed by atoms with E-state index in [4.69, 9.17) is 9.47 Å². The molecule has 2 atom stereocenters. The van der Waals surface area contributed by atoms with Crippen LogP contribution in [0.5, 0.6) is 23.0 Å². The van der Waals surface area contributed by atoms with Gasteiger partial charge in [0.05, 0.1) is 13.7 Å². The van der Waals surface area contributed by atoms with E-state index in [9.17, 15) is 10.2 Å². The molecule has 1 aliphatic heterocycles. The van der Waals surface area contributed by atoms with Crippen LogP contribution in [0, 0.1) is 0 Å². The molecule has 4 rings (SSSR count). The number of methoxy groups -OCH3 is 1. The van der Waals surface area contributed by atoms with Gasteiger partial charge in [0.1, 0.15) is 23.0 Å². The van der Waals surface area contributed by atoms with Gasteiger partial charge >= 0.3 is 0 Å². The maximum atomic E-state index is 9.92. The maximum Gasteiger partial charge on any atom is 0.126 e. The lowest BCUT2D eigenvalue weighted by Gasteiger charge is -2.34. The van der Waals surface area contributed by atoms with Crippen molar-refractivity contribution in [1.29, 1.82) is 0 Å². The highest BCUT2D eigenvalue weighted by Gasteiger charge is 2.34. The monoisotopic (exact) mass is 348 g/mol. The molecule has 1 heterocycles. The van der Waals surface area contributed by atoms with Crippen molar-refractivity contribution in [3.05, 3.63) is 83.4 Å². The van der Waals surface area contributed by atoms with E-state index < -0.39 is 0 Å². The minimum Gasteiger partial charge on any atom is -0.508 e. The summed E-state index contributed by atoms with van der Waals surface area (Å²) in [6.45, 7) is 0.460. The Bertz CT molecular complexity index is 935. The van der Waals surface area contributed by atoms with Gasteiger partial charge in [-0.05, 0) is 41.5 Å². The van der Waals surface area contributed by atoms with Crippen LogP contribution >= 0.6 is 0 Å². The van der Waals surface area contributed by atoms with Crippen molar-refractivity contribution in [3.63, 3.8) is 0 Å². The summed E-state index contributed by atoms with van der Waals surface area (Å²) in [6.07, 6.45) is 0. The van der Waals surface area contributed by atoms with Crippen molar-refractivity contribution in [2.75, 3.05) is 13.7 Å². The van der Waals surface area contributed by atoms with Gasteiger partial charge in [0.25, 0.3) is 0 Å². The Morgan fingerprint density at radius 1 is 0.885 bits per heavy atom. The van der Waals surface area contributed by atoms with E-state index in [0.29, 0.717) is 12.4 Å². The molecule has 0 saturated heterocycles. The van der Waals surface area contributed by atoms with Crippen LogP contribution in [0.3, 0.4) is 0 Å². The molecule has 26 heavy (non-hydrogen) atoms. The van der Waals surface area contributed by atoms with Gasteiger partial charge in [-0.1, -0.05) is 30.3 Å². The molecule has 0 bridgehead atoms. The first-order chi connectivity index (χ1) is 12.7. The van der Waals surface area contributed by atoms with E-state index in [0.717, 1.165) is 22.4 Å². The third-order valence-corrected chi connectivity index (χ3v) is 4.90. The molecule has 4 nitrogen and oxygen atoms in total. The molecule has 2 N–H and O–H groups in total. The molecule has 0 fully saturated rings. The molecular weight excluding hydrogens is 328 g/mol. The summed E-state index contributed by atoms with van der Waals surface area (Å²) < 4.78 is 11.3. The fourth-order valence-electron chi connectivity index (χ4n) is 3.69. The Balaban J connectivity index is 1.87. The summed E-state index contributed by atoms with van der Waals surface area (Å²) in [7, 11) is 1.65. The van der Waals surface area contributed by atoms with Crippen LogP contribution in [0.25, 0.3) is 0 Å². The van der Waals surface area contributed by atoms with Crippen molar-refractivity contribution >= 4 is 0 Å². The minimum atomic E-state index is 0.0243. The summed E-state index contributed by atoms with van der Waals surface area (Å²) in [6, 6.07) is 20.5. The van der Waals surface area contributed by atoms with Crippen molar-refractivity contribution in [1.82, 2.24) is 0 Å². The van der Waals surface area contributed by atoms with Crippen LogP contribution in [0.4, 0.5) is 0 Å². The van der Waals surface area contributed by atoms with Gasteiger partial charge in [-0.3, -0.25) is 0 Å². The van der Waals surface area contributed by atoms with E-state index in [1.165, 1.54) is 0 Å². The highest BCUT2D eigenvalue weighted by Crippen LogP contribution is 2.47. The second kappa shape index (κ2) is 6.64. The Hall–Kier alpha value is -3.14. The normalized spacial score (nSPS) is 18.7. The second-order valence-corrected chi connectivity index (χ2v) is 6.49. The summed E-state index contributed by atoms with van der Waals surface area (Å²) in [4.78, 5) is 0. The summed E-state index contributed by atoms with van der Waals surface area (Å²) in [5.41, 5.74) is 3.13. The van der Waals surface area contributed by atoms with E-state index >= 15 is 0 Å². The number of phenols is 2. The average molecular weight is 348 g/mol.